The molecule has 1 heteroatoms. The molecule has 0 aromatic rings. The maximum absolute atomic E-state index is 3.01. The van der Waals surface area contributed by atoms with Crippen LogP contribution in [0.4, 0.5) is 0 Å². The standard InChI is InChI=1S/C8H17N/c1-4-5-6-8(2)7-9-3/h7,9H,4-6H2,1-3H3/b8-7-. The molecule has 0 unspecified atom stereocenters. The first kappa shape index (κ1) is 8.54. The van der Waals surface area contributed by atoms with Crippen LogP contribution < -0.4 is 5.32 Å². The molecule has 0 saturated carbocycles. The van der Waals surface area contributed by atoms with Gasteiger partial charge in [-0.05, 0) is 26.0 Å². The Labute approximate surface area is 58.2 Å². The molecule has 0 bridgehead atoms. The van der Waals surface area contributed by atoms with Crippen LogP contribution in [0.5, 0.6) is 0 Å². The summed E-state index contributed by atoms with van der Waals surface area (Å²) in [5, 5.41) is 3.01. The lowest BCUT2D eigenvalue weighted by atomic mass is 10.1. The molecule has 1 nitrogen and oxygen atoms in total. The topological polar surface area (TPSA) is 12.0 Å². The van der Waals surface area contributed by atoms with E-state index in [-0.39, 0.29) is 0 Å². The van der Waals surface area contributed by atoms with Crippen molar-refractivity contribution in [1.29, 1.82) is 0 Å². The van der Waals surface area contributed by atoms with Crippen LogP contribution >= 0.6 is 0 Å². The monoisotopic (exact) mass is 127 g/mol. The lowest BCUT2D eigenvalue weighted by molar-refractivity contribution is 0.781. The number of hydrogen-bond donors (Lipinski definition) is 1. The van der Waals surface area contributed by atoms with Crippen molar-refractivity contribution in [2.75, 3.05) is 7.05 Å². The molecule has 0 aliphatic rings. The van der Waals surface area contributed by atoms with Gasteiger partial charge in [-0.25, -0.2) is 0 Å². The fourth-order valence-corrected chi connectivity index (χ4v) is 0.774. The molecule has 0 aromatic carbocycles. The molecule has 0 saturated heterocycles. The van der Waals surface area contributed by atoms with Crippen LogP contribution in [0, 0.1) is 0 Å². The Kier molecular flexibility index (Phi) is 5.38. The van der Waals surface area contributed by atoms with Gasteiger partial charge in [-0.15, -0.1) is 0 Å². The predicted molar refractivity (Wildman–Crippen MR) is 42.3 cm³/mol. The van der Waals surface area contributed by atoms with Gasteiger partial charge >= 0.3 is 0 Å². The van der Waals surface area contributed by atoms with E-state index in [1.165, 1.54) is 24.8 Å². The summed E-state index contributed by atoms with van der Waals surface area (Å²) in [4.78, 5) is 0. The van der Waals surface area contributed by atoms with Crippen LogP contribution in [-0.4, -0.2) is 7.05 Å². The first-order valence-corrected chi connectivity index (χ1v) is 3.64. The highest BCUT2D eigenvalue weighted by Crippen LogP contribution is 2.03. The van der Waals surface area contributed by atoms with Crippen molar-refractivity contribution in [1.82, 2.24) is 5.32 Å². The van der Waals surface area contributed by atoms with E-state index >= 15 is 0 Å². The Morgan fingerprint density at radius 1 is 1.56 bits per heavy atom. The molecule has 0 aliphatic carbocycles. The van der Waals surface area contributed by atoms with E-state index < -0.39 is 0 Å². The summed E-state index contributed by atoms with van der Waals surface area (Å²) < 4.78 is 0. The van der Waals surface area contributed by atoms with Gasteiger partial charge < -0.3 is 5.32 Å². The van der Waals surface area contributed by atoms with Crippen molar-refractivity contribution in [2.45, 2.75) is 33.1 Å². The van der Waals surface area contributed by atoms with Crippen molar-refractivity contribution >= 4 is 0 Å². The summed E-state index contributed by atoms with van der Waals surface area (Å²) in [5.41, 5.74) is 1.44. The fourth-order valence-electron chi connectivity index (χ4n) is 0.774. The molecule has 0 spiro atoms. The number of unbranched alkanes of at least 4 members (excludes halogenated alkanes) is 1. The average Bonchev–Trinajstić information content (AvgIpc) is 1.85. The second-order valence-electron chi connectivity index (χ2n) is 2.38. The van der Waals surface area contributed by atoms with Crippen LogP contribution in [0.25, 0.3) is 0 Å². The third-order valence-electron chi connectivity index (χ3n) is 1.32. The molecule has 1 N–H and O–H groups in total. The maximum atomic E-state index is 3.01. The lowest BCUT2D eigenvalue weighted by Crippen LogP contribution is -1.94. The molecule has 0 heterocycles. The Morgan fingerprint density at radius 3 is 2.67 bits per heavy atom. The third kappa shape index (κ3) is 5.41. The molecule has 0 rings (SSSR count). The predicted octanol–water partition coefficient (Wildman–Crippen LogP) is 2.30. The number of nitrogens with one attached hydrogen (secondary N) is 1. The first-order chi connectivity index (χ1) is 4.31. The minimum atomic E-state index is 1.23. The van der Waals surface area contributed by atoms with Crippen molar-refractivity contribution in [3.63, 3.8) is 0 Å². The minimum absolute atomic E-state index is 1.23. The zero-order valence-corrected chi connectivity index (χ0v) is 6.70. The zero-order valence-electron chi connectivity index (χ0n) is 6.70. The smallest absolute Gasteiger partial charge is 0.00276 e. The molecule has 0 atom stereocenters. The van der Waals surface area contributed by atoms with Crippen molar-refractivity contribution in [3.8, 4) is 0 Å². The van der Waals surface area contributed by atoms with Crippen LogP contribution in [-0.2, 0) is 0 Å². The highest BCUT2D eigenvalue weighted by Gasteiger charge is 1.85. The van der Waals surface area contributed by atoms with Gasteiger partial charge in [-0.3, -0.25) is 0 Å². The highest BCUT2D eigenvalue weighted by atomic mass is 14.8. The van der Waals surface area contributed by atoms with Gasteiger partial charge in [-0.1, -0.05) is 18.9 Å². The first-order valence-electron chi connectivity index (χ1n) is 3.64. The van der Waals surface area contributed by atoms with E-state index in [0.29, 0.717) is 0 Å². The SMILES string of the molecule is CCCC/C(C)=C\NC. The van der Waals surface area contributed by atoms with Gasteiger partial charge in [0.25, 0.3) is 0 Å². The van der Waals surface area contributed by atoms with Gasteiger partial charge in [0, 0.05) is 7.05 Å². The van der Waals surface area contributed by atoms with E-state index in [4.69, 9.17) is 0 Å². The lowest BCUT2D eigenvalue weighted by Gasteiger charge is -1.97. The molecule has 0 aromatic heterocycles. The Morgan fingerprint density at radius 2 is 2.22 bits per heavy atom. The summed E-state index contributed by atoms with van der Waals surface area (Å²) in [7, 11) is 1.94. The van der Waals surface area contributed by atoms with Crippen molar-refractivity contribution < 1.29 is 0 Å². The van der Waals surface area contributed by atoms with Crippen molar-refractivity contribution in [2.24, 2.45) is 0 Å². The van der Waals surface area contributed by atoms with E-state index in [1.54, 1.807) is 0 Å². The second-order valence-corrected chi connectivity index (χ2v) is 2.38. The number of allylic oxidation sites excluding steroid dienone is 1. The molecule has 54 valence electrons. The number of rotatable bonds is 4. The summed E-state index contributed by atoms with van der Waals surface area (Å²) in [6, 6.07) is 0. The van der Waals surface area contributed by atoms with Gasteiger partial charge in [0.05, 0.1) is 0 Å². The van der Waals surface area contributed by atoms with Crippen LogP contribution in [0.2, 0.25) is 0 Å². The maximum Gasteiger partial charge on any atom is 0.00276 e. The molecular weight excluding hydrogens is 110 g/mol. The summed E-state index contributed by atoms with van der Waals surface area (Å²) in [5.74, 6) is 0. The van der Waals surface area contributed by atoms with Gasteiger partial charge in [-0.2, -0.15) is 0 Å². The molecule has 0 radical (unpaired) electrons. The minimum Gasteiger partial charge on any atom is -0.394 e. The second kappa shape index (κ2) is 5.67. The third-order valence-corrected chi connectivity index (χ3v) is 1.32. The summed E-state index contributed by atoms with van der Waals surface area (Å²) >= 11 is 0. The van der Waals surface area contributed by atoms with Gasteiger partial charge in [0.15, 0.2) is 0 Å². The van der Waals surface area contributed by atoms with E-state index in [0.717, 1.165) is 0 Å². The van der Waals surface area contributed by atoms with Gasteiger partial charge in [0.1, 0.15) is 0 Å². The molecule has 0 aliphatic heterocycles. The Hall–Kier alpha value is -0.460. The largest absolute Gasteiger partial charge is 0.394 e. The van der Waals surface area contributed by atoms with E-state index in [9.17, 15) is 0 Å². The molecular formula is C8H17N. The quantitative estimate of drug-likeness (QED) is 0.611. The normalized spacial score (nSPS) is 11.7. The molecule has 0 amide bonds. The fraction of sp³-hybridized carbons (Fsp3) is 0.750. The number of hydrogen-bond acceptors (Lipinski definition) is 1. The van der Waals surface area contributed by atoms with E-state index in [2.05, 4.69) is 25.4 Å². The Bertz CT molecular complexity index is 84.6. The van der Waals surface area contributed by atoms with Gasteiger partial charge in [0.2, 0.25) is 0 Å². The van der Waals surface area contributed by atoms with Crippen LogP contribution in [0.3, 0.4) is 0 Å². The average molecular weight is 127 g/mol. The zero-order chi connectivity index (χ0) is 7.11. The van der Waals surface area contributed by atoms with Crippen LogP contribution in [0.15, 0.2) is 11.8 Å². The van der Waals surface area contributed by atoms with Crippen LogP contribution in [0.1, 0.15) is 33.1 Å². The van der Waals surface area contributed by atoms with Crippen molar-refractivity contribution in [3.05, 3.63) is 11.8 Å². The summed E-state index contributed by atoms with van der Waals surface area (Å²) in [6.07, 6.45) is 5.89. The molecule has 9 heavy (non-hydrogen) atoms. The Balaban J connectivity index is 3.25. The van der Waals surface area contributed by atoms with E-state index in [1.807, 2.05) is 7.05 Å². The molecule has 0 fully saturated rings. The summed E-state index contributed by atoms with van der Waals surface area (Å²) in [6.45, 7) is 4.37. The highest BCUT2D eigenvalue weighted by molar-refractivity contribution is 4.95.